The van der Waals surface area contributed by atoms with E-state index in [0.717, 1.165) is 5.56 Å². The fourth-order valence-corrected chi connectivity index (χ4v) is 7.98. The number of aliphatic carboxylic acids is 1. The van der Waals surface area contributed by atoms with Crippen molar-refractivity contribution >= 4 is 23.4 Å². The maximum absolute atomic E-state index is 12.3. The van der Waals surface area contributed by atoms with Gasteiger partial charge in [0.25, 0.3) is 0 Å². The zero-order valence-electron chi connectivity index (χ0n) is 26.2. The zero-order chi connectivity index (χ0) is 32.2. The monoisotopic (exact) mass is 629 g/mol. The third-order valence-corrected chi connectivity index (χ3v) is 10.8. The number of carboxylic acid groups (broad SMARTS) is 1. The van der Waals surface area contributed by atoms with Crippen LogP contribution in [0.15, 0.2) is 30.3 Å². The fourth-order valence-electron chi connectivity index (χ4n) is 7.98. The van der Waals surface area contributed by atoms with Crippen LogP contribution in [0.4, 0.5) is 0 Å². The standard InChI is InChI=1S/C20H25NO5.C13H18O6/c1-19(18-17(24-2)14(22)8-9-20(18)12-25-20)15(26-19)10-16(23)21-11-13-6-4-3-5-7-13;1-12(8(19-12)5-9(15)16)11-10(17-2)7(14)3-4-13(11)6-18-13/h3-7,15,17-18H,8-12H2,1-2H3,(H,21,23);8,10-11H,3-6H2,1-2H3,(H,15,16)/t15-,17-,18-,19+,20+;8-,10-,11-,12+,13+/m11/s1. The molecule has 0 unspecified atom stereocenters. The van der Waals surface area contributed by atoms with Gasteiger partial charge in [0.15, 0.2) is 11.6 Å². The Labute approximate surface area is 262 Å². The van der Waals surface area contributed by atoms with E-state index >= 15 is 0 Å². The molecule has 0 bridgehead atoms. The molecule has 6 aliphatic rings. The fraction of sp³-hybridized carbons (Fsp3) is 0.697. The first-order valence-electron chi connectivity index (χ1n) is 15.7. The number of Topliss-reactive ketones (excluding diaryl/α,β-unsaturated/α-hetero) is 2. The highest BCUT2D eigenvalue weighted by molar-refractivity contribution is 5.86. The van der Waals surface area contributed by atoms with Gasteiger partial charge < -0.3 is 38.8 Å². The summed E-state index contributed by atoms with van der Waals surface area (Å²) in [5.41, 5.74) is -0.805. The summed E-state index contributed by atoms with van der Waals surface area (Å²) in [6.45, 7) is 5.57. The molecule has 7 rings (SSSR count). The van der Waals surface area contributed by atoms with Crippen molar-refractivity contribution in [1.29, 1.82) is 0 Å². The van der Waals surface area contributed by atoms with Gasteiger partial charge in [0.2, 0.25) is 5.91 Å². The lowest BCUT2D eigenvalue weighted by molar-refractivity contribution is -0.142. The van der Waals surface area contributed by atoms with Crippen molar-refractivity contribution < 1.29 is 52.7 Å². The molecule has 12 heteroatoms. The predicted octanol–water partition coefficient (Wildman–Crippen LogP) is 2.00. The Bertz CT molecular complexity index is 1330. The zero-order valence-corrected chi connectivity index (χ0v) is 26.2. The minimum absolute atomic E-state index is 0.0479. The number of methoxy groups -OCH3 is 2. The van der Waals surface area contributed by atoms with Gasteiger partial charge in [-0.05, 0) is 32.3 Å². The van der Waals surface area contributed by atoms with Gasteiger partial charge in [0, 0.05) is 33.6 Å². The van der Waals surface area contributed by atoms with Gasteiger partial charge in [-0.3, -0.25) is 19.2 Å². The summed E-state index contributed by atoms with van der Waals surface area (Å²) in [5.74, 6) is -1.16. The van der Waals surface area contributed by atoms with Crippen LogP contribution in [0.25, 0.3) is 0 Å². The molecule has 1 aromatic rings. The van der Waals surface area contributed by atoms with E-state index in [1.807, 2.05) is 44.2 Å². The number of rotatable bonds is 10. The Balaban J connectivity index is 0.000000167. The molecule has 1 aromatic carbocycles. The number of epoxide rings is 4. The summed E-state index contributed by atoms with van der Waals surface area (Å²) < 4.78 is 33.8. The average Bonchev–Trinajstić information content (AvgIpc) is 3.89. The Morgan fingerprint density at radius 3 is 1.73 bits per heavy atom. The van der Waals surface area contributed by atoms with Gasteiger partial charge in [-0.2, -0.15) is 0 Å². The molecule has 45 heavy (non-hydrogen) atoms. The summed E-state index contributed by atoms with van der Waals surface area (Å²) in [4.78, 5) is 47.4. The second-order valence-electron chi connectivity index (χ2n) is 13.6. The molecule has 0 aromatic heterocycles. The third-order valence-electron chi connectivity index (χ3n) is 10.8. The summed E-state index contributed by atoms with van der Waals surface area (Å²) in [7, 11) is 3.07. The molecule has 4 heterocycles. The molecule has 6 fully saturated rings. The number of carbonyl (C=O) groups is 4. The highest BCUT2D eigenvalue weighted by Crippen LogP contribution is 2.59. The molecule has 2 aliphatic carbocycles. The Morgan fingerprint density at radius 1 is 0.844 bits per heavy atom. The average molecular weight is 630 g/mol. The van der Waals surface area contributed by atoms with Gasteiger partial charge in [0.05, 0.1) is 50.1 Å². The van der Waals surface area contributed by atoms with Crippen molar-refractivity contribution in [3.8, 4) is 0 Å². The molecule has 2 N–H and O–H groups in total. The number of ether oxygens (including phenoxy) is 6. The number of hydrogen-bond donors (Lipinski definition) is 2. The van der Waals surface area contributed by atoms with Crippen molar-refractivity contribution in [3.63, 3.8) is 0 Å². The lowest BCUT2D eigenvalue weighted by Crippen LogP contribution is -2.53. The number of ketones is 2. The number of carbonyl (C=O) groups excluding carboxylic acids is 3. The number of nitrogens with one attached hydrogen (secondary N) is 1. The first kappa shape index (κ1) is 32.2. The molecule has 2 saturated carbocycles. The lowest BCUT2D eigenvalue weighted by Gasteiger charge is -2.37. The molecular weight excluding hydrogens is 586 g/mol. The summed E-state index contributed by atoms with van der Waals surface area (Å²) in [6, 6.07) is 9.79. The van der Waals surface area contributed by atoms with E-state index in [0.29, 0.717) is 45.4 Å². The molecule has 10 atom stereocenters. The van der Waals surface area contributed by atoms with Crippen molar-refractivity contribution in [1.82, 2.24) is 5.32 Å². The van der Waals surface area contributed by atoms with Gasteiger partial charge in [-0.1, -0.05) is 30.3 Å². The van der Waals surface area contributed by atoms with E-state index in [4.69, 9.17) is 33.5 Å². The Kier molecular flexibility index (Phi) is 8.45. The Hall–Kier alpha value is -2.74. The van der Waals surface area contributed by atoms with Crippen LogP contribution in [0.3, 0.4) is 0 Å². The molecule has 4 saturated heterocycles. The van der Waals surface area contributed by atoms with Crippen LogP contribution >= 0.6 is 0 Å². The molecule has 2 spiro atoms. The van der Waals surface area contributed by atoms with Crippen LogP contribution < -0.4 is 5.32 Å². The normalized spacial score (nSPS) is 42.5. The SMILES string of the molecule is CO[C@@H]1C(=O)CC[C@]2(CO2)[C@H]1[C@@]1(C)O[C@@H]1CC(=O)NCc1ccccc1.CO[C@@H]1C(=O)CC[C@]2(CO2)[C@H]1[C@@]1(C)O[C@@H]1CC(=O)O. The minimum atomic E-state index is -0.893. The van der Waals surface area contributed by atoms with Gasteiger partial charge in [-0.25, -0.2) is 0 Å². The van der Waals surface area contributed by atoms with E-state index < -0.39 is 29.4 Å². The molecule has 4 aliphatic heterocycles. The number of amides is 1. The molecule has 12 nitrogen and oxygen atoms in total. The Morgan fingerprint density at radius 2 is 1.31 bits per heavy atom. The smallest absolute Gasteiger partial charge is 0.306 e. The van der Waals surface area contributed by atoms with Gasteiger partial charge in [-0.15, -0.1) is 0 Å². The van der Waals surface area contributed by atoms with Crippen LogP contribution in [0, 0.1) is 11.8 Å². The number of benzene rings is 1. The van der Waals surface area contributed by atoms with Crippen LogP contribution in [-0.4, -0.2) is 103 Å². The van der Waals surface area contributed by atoms with Gasteiger partial charge >= 0.3 is 5.97 Å². The van der Waals surface area contributed by atoms with Gasteiger partial charge in [0.1, 0.15) is 34.6 Å². The van der Waals surface area contributed by atoms with Crippen molar-refractivity contribution in [2.75, 3.05) is 27.4 Å². The first-order chi connectivity index (χ1) is 21.4. The number of hydrogen-bond acceptors (Lipinski definition) is 10. The maximum Gasteiger partial charge on any atom is 0.306 e. The topological polar surface area (TPSA) is 169 Å². The quantitative estimate of drug-likeness (QED) is 0.363. The van der Waals surface area contributed by atoms with Crippen LogP contribution in [0.5, 0.6) is 0 Å². The molecule has 246 valence electrons. The maximum atomic E-state index is 12.3. The van der Waals surface area contributed by atoms with E-state index in [1.165, 1.54) is 7.11 Å². The van der Waals surface area contributed by atoms with Crippen LogP contribution in [-0.2, 0) is 54.1 Å². The third kappa shape index (κ3) is 6.08. The summed E-state index contributed by atoms with van der Waals surface area (Å²) in [6.07, 6.45) is 0.898. The van der Waals surface area contributed by atoms with Crippen molar-refractivity contribution in [2.45, 2.75) is 106 Å². The van der Waals surface area contributed by atoms with Crippen LogP contribution in [0.1, 0.15) is 57.9 Å². The highest BCUT2D eigenvalue weighted by Gasteiger charge is 2.73. The lowest BCUT2D eigenvalue weighted by atomic mass is 9.69. The van der Waals surface area contributed by atoms with E-state index in [1.54, 1.807) is 7.11 Å². The molecule has 1 amide bonds. The first-order valence-corrected chi connectivity index (χ1v) is 15.7. The second kappa shape index (κ2) is 11.8. The summed E-state index contributed by atoms with van der Waals surface area (Å²) in [5, 5.41) is 11.8. The molecular formula is C33H43NO11. The van der Waals surface area contributed by atoms with E-state index in [-0.39, 0.29) is 65.6 Å². The molecule has 0 radical (unpaired) electrons. The summed E-state index contributed by atoms with van der Waals surface area (Å²) >= 11 is 0. The highest BCUT2D eigenvalue weighted by atomic mass is 16.6. The second-order valence-corrected chi connectivity index (χ2v) is 13.6. The largest absolute Gasteiger partial charge is 0.481 e. The van der Waals surface area contributed by atoms with E-state index in [9.17, 15) is 19.2 Å². The van der Waals surface area contributed by atoms with Crippen LogP contribution in [0.2, 0.25) is 0 Å². The van der Waals surface area contributed by atoms with Crippen molar-refractivity contribution in [2.24, 2.45) is 11.8 Å². The predicted molar refractivity (Wildman–Crippen MR) is 156 cm³/mol. The van der Waals surface area contributed by atoms with Crippen molar-refractivity contribution in [3.05, 3.63) is 35.9 Å². The van der Waals surface area contributed by atoms with E-state index in [2.05, 4.69) is 5.32 Å². The minimum Gasteiger partial charge on any atom is -0.481 e. The number of carboxylic acids is 1.